The monoisotopic (exact) mass is 515 g/mol. The zero-order valence-electron chi connectivity index (χ0n) is 21.2. The number of para-hydroxylation sites is 1. The maximum absolute atomic E-state index is 14.0. The number of anilines is 2. The number of ether oxygens (including phenoxy) is 1. The molecule has 0 fully saturated rings. The molecule has 0 amide bonds. The average molecular weight is 516 g/mol. The molecule has 0 unspecified atom stereocenters. The molecular formula is C28H37NO4S2. The standard InChI is InChI=1S/C28H37NO4S2/c1-5-7-15-28(16-8-6-2)20-29(23-12-10-9-11-13-23)24-18-26(34-4)25(33-17-14-22(3)30)19-27(24)35(31,32)21-28/h9-14,17-19H,5-8,15-16,20-21H2,1-4H3/b17-14+. The van der Waals surface area contributed by atoms with Crippen molar-refractivity contribution in [3.63, 3.8) is 0 Å². The minimum Gasteiger partial charge on any atom is -0.464 e. The molecule has 2 aromatic rings. The van der Waals surface area contributed by atoms with Gasteiger partial charge in [-0.25, -0.2) is 8.42 Å². The molecule has 35 heavy (non-hydrogen) atoms. The Morgan fingerprint density at radius 1 is 1.11 bits per heavy atom. The van der Waals surface area contributed by atoms with Gasteiger partial charge in [0.25, 0.3) is 0 Å². The van der Waals surface area contributed by atoms with E-state index in [-0.39, 0.29) is 17.0 Å². The summed E-state index contributed by atoms with van der Waals surface area (Å²) < 4.78 is 33.7. The van der Waals surface area contributed by atoms with Crippen LogP contribution in [0.4, 0.5) is 11.4 Å². The number of benzene rings is 2. The molecular weight excluding hydrogens is 478 g/mol. The first-order valence-corrected chi connectivity index (χ1v) is 15.2. The second-order valence-electron chi connectivity index (χ2n) is 9.39. The smallest absolute Gasteiger partial charge is 0.181 e. The molecule has 7 heteroatoms. The molecule has 0 spiro atoms. The minimum absolute atomic E-state index is 0.123. The van der Waals surface area contributed by atoms with Crippen molar-refractivity contribution in [2.24, 2.45) is 5.41 Å². The van der Waals surface area contributed by atoms with Gasteiger partial charge in [-0.05, 0) is 44.2 Å². The minimum atomic E-state index is -3.60. The topological polar surface area (TPSA) is 63.7 Å². The van der Waals surface area contributed by atoms with E-state index in [1.807, 2.05) is 42.7 Å². The van der Waals surface area contributed by atoms with Crippen molar-refractivity contribution in [1.29, 1.82) is 0 Å². The Morgan fingerprint density at radius 2 is 1.77 bits per heavy atom. The Hall–Kier alpha value is -2.25. The summed E-state index contributed by atoms with van der Waals surface area (Å²) in [4.78, 5) is 14.6. The Kier molecular flexibility index (Phi) is 9.47. The maximum atomic E-state index is 14.0. The molecule has 2 aromatic carbocycles. The third kappa shape index (κ3) is 6.70. The number of allylic oxidation sites excluding steroid dienone is 1. The molecule has 1 aliphatic rings. The van der Waals surface area contributed by atoms with E-state index in [2.05, 4.69) is 18.7 Å². The third-order valence-corrected chi connectivity index (χ3v) is 9.30. The van der Waals surface area contributed by atoms with Crippen LogP contribution in [-0.2, 0) is 14.6 Å². The number of rotatable bonds is 11. The van der Waals surface area contributed by atoms with Gasteiger partial charge in [-0.3, -0.25) is 4.79 Å². The van der Waals surface area contributed by atoms with E-state index in [4.69, 9.17) is 4.74 Å². The third-order valence-electron chi connectivity index (χ3n) is 6.55. The molecule has 0 saturated heterocycles. The Balaban J connectivity index is 2.22. The van der Waals surface area contributed by atoms with Crippen LogP contribution < -0.4 is 9.64 Å². The summed E-state index contributed by atoms with van der Waals surface area (Å²) in [6.07, 6.45) is 10.4. The van der Waals surface area contributed by atoms with Crippen LogP contribution >= 0.6 is 11.8 Å². The highest BCUT2D eigenvalue weighted by Gasteiger charge is 2.42. The van der Waals surface area contributed by atoms with Gasteiger partial charge in [-0.2, -0.15) is 0 Å². The number of unbranched alkanes of at least 4 members (excludes halogenated alkanes) is 2. The largest absolute Gasteiger partial charge is 0.464 e. The summed E-state index contributed by atoms with van der Waals surface area (Å²) in [6.45, 7) is 6.42. The summed E-state index contributed by atoms with van der Waals surface area (Å²) in [7, 11) is -3.60. The van der Waals surface area contributed by atoms with Gasteiger partial charge < -0.3 is 9.64 Å². The molecule has 190 valence electrons. The lowest BCUT2D eigenvalue weighted by molar-refractivity contribution is -0.112. The molecule has 1 aliphatic heterocycles. The predicted molar refractivity (Wildman–Crippen MR) is 146 cm³/mol. The Morgan fingerprint density at radius 3 is 2.34 bits per heavy atom. The van der Waals surface area contributed by atoms with Gasteiger partial charge in [-0.15, -0.1) is 11.8 Å². The van der Waals surface area contributed by atoms with Crippen LogP contribution in [0, 0.1) is 5.41 Å². The van der Waals surface area contributed by atoms with Crippen molar-refractivity contribution in [1.82, 2.24) is 0 Å². The fourth-order valence-electron chi connectivity index (χ4n) is 4.76. The van der Waals surface area contributed by atoms with Crippen LogP contribution in [0.5, 0.6) is 5.75 Å². The number of ketones is 1. The average Bonchev–Trinajstić information content (AvgIpc) is 2.93. The number of fused-ring (bicyclic) bond motifs is 1. The van der Waals surface area contributed by atoms with Gasteiger partial charge in [0, 0.05) is 29.8 Å². The summed E-state index contributed by atoms with van der Waals surface area (Å²) in [5.74, 6) is 0.433. The van der Waals surface area contributed by atoms with E-state index >= 15 is 0 Å². The van der Waals surface area contributed by atoms with E-state index in [1.54, 1.807) is 6.07 Å². The highest BCUT2D eigenvalue weighted by molar-refractivity contribution is 7.98. The maximum Gasteiger partial charge on any atom is 0.181 e. The van der Waals surface area contributed by atoms with Gasteiger partial charge in [0.1, 0.15) is 5.75 Å². The summed E-state index contributed by atoms with van der Waals surface area (Å²) in [6, 6.07) is 13.6. The molecule has 0 atom stereocenters. The molecule has 0 bridgehead atoms. The highest BCUT2D eigenvalue weighted by Crippen LogP contribution is 2.47. The van der Waals surface area contributed by atoms with Gasteiger partial charge >= 0.3 is 0 Å². The van der Waals surface area contributed by atoms with Gasteiger partial charge in [0.2, 0.25) is 0 Å². The van der Waals surface area contributed by atoms with Gasteiger partial charge in [-0.1, -0.05) is 57.7 Å². The van der Waals surface area contributed by atoms with E-state index in [1.165, 1.54) is 31.0 Å². The SMILES string of the molecule is CCCCC1(CCCC)CN(c2ccccc2)c2cc(SC)c(O/C=C/C(C)=O)cc2S(=O)(=O)C1. The van der Waals surface area contributed by atoms with Crippen LogP contribution in [0.15, 0.2) is 64.6 Å². The fraction of sp³-hybridized carbons (Fsp3) is 0.464. The Labute approximate surface area is 214 Å². The van der Waals surface area contributed by atoms with Crippen molar-refractivity contribution >= 4 is 38.8 Å². The molecule has 0 aromatic heterocycles. The molecule has 0 saturated carbocycles. The number of hydrogen-bond acceptors (Lipinski definition) is 6. The molecule has 0 aliphatic carbocycles. The van der Waals surface area contributed by atoms with Crippen LogP contribution in [0.3, 0.4) is 0 Å². The summed E-state index contributed by atoms with van der Waals surface area (Å²) in [5, 5.41) is 0. The highest BCUT2D eigenvalue weighted by atomic mass is 32.2. The first kappa shape index (κ1) is 27.3. The lowest BCUT2D eigenvalue weighted by Gasteiger charge is -2.37. The quantitative estimate of drug-likeness (QED) is 0.179. The van der Waals surface area contributed by atoms with Gasteiger partial charge in [0.15, 0.2) is 15.6 Å². The van der Waals surface area contributed by atoms with Crippen molar-refractivity contribution < 1.29 is 17.9 Å². The number of thioether (sulfide) groups is 1. The molecule has 3 rings (SSSR count). The first-order chi connectivity index (χ1) is 16.7. The van der Waals surface area contributed by atoms with Crippen molar-refractivity contribution in [2.45, 2.75) is 69.1 Å². The van der Waals surface area contributed by atoms with Crippen molar-refractivity contribution in [2.75, 3.05) is 23.5 Å². The summed E-state index contributed by atoms with van der Waals surface area (Å²) in [5.41, 5.74) is 1.34. The number of carbonyl (C=O) groups is 1. The normalized spacial score (nSPS) is 16.6. The number of hydrogen-bond donors (Lipinski definition) is 0. The zero-order chi connectivity index (χ0) is 25.5. The Bertz CT molecular complexity index is 1140. The van der Waals surface area contributed by atoms with Crippen LogP contribution in [-0.4, -0.2) is 32.8 Å². The molecule has 0 radical (unpaired) electrons. The predicted octanol–water partition coefficient (Wildman–Crippen LogP) is 7.18. The lowest BCUT2D eigenvalue weighted by atomic mass is 9.79. The van der Waals surface area contributed by atoms with Crippen LogP contribution in [0.1, 0.15) is 59.3 Å². The number of nitrogens with zero attached hydrogens (tertiary/aromatic N) is 1. The van der Waals surface area contributed by atoms with Gasteiger partial charge in [0.05, 0.1) is 27.5 Å². The van der Waals surface area contributed by atoms with E-state index < -0.39 is 9.84 Å². The molecule has 1 heterocycles. The number of sulfone groups is 1. The first-order valence-electron chi connectivity index (χ1n) is 12.4. The van der Waals surface area contributed by atoms with Crippen molar-refractivity contribution in [3.8, 4) is 5.75 Å². The van der Waals surface area contributed by atoms with E-state index in [9.17, 15) is 13.2 Å². The molecule has 0 N–H and O–H groups in total. The van der Waals surface area contributed by atoms with Crippen LogP contribution in [0.2, 0.25) is 0 Å². The fourth-order valence-corrected chi connectivity index (χ4v) is 7.42. The second kappa shape index (κ2) is 12.1. The number of carbonyl (C=O) groups excluding carboxylic acids is 1. The van der Waals surface area contributed by atoms with Crippen molar-refractivity contribution in [3.05, 3.63) is 54.8 Å². The van der Waals surface area contributed by atoms with E-state index in [0.29, 0.717) is 22.9 Å². The second-order valence-corrected chi connectivity index (χ2v) is 12.2. The molecule has 5 nitrogen and oxygen atoms in total. The summed E-state index contributed by atoms with van der Waals surface area (Å²) >= 11 is 1.49. The van der Waals surface area contributed by atoms with Crippen LogP contribution in [0.25, 0.3) is 0 Å². The lowest BCUT2D eigenvalue weighted by Crippen LogP contribution is -2.38. The zero-order valence-corrected chi connectivity index (χ0v) is 22.9. The van der Waals surface area contributed by atoms with E-state index in [0.717, 1.165) is 49.1 Å².